The van der Waals surface area contributed by atoms with Crippen molar-refractivity contribution in [3.63, 3.8) is 0 Å². The third-order valence-corrected chi connectivity index (χ3v) is 4.12. The molecule has 1 fully saturated rings. The van der Waals surface area contributed by atoms with Crippen molar-refractivity contribution in [1.82, 2.24) is 24.9 Å². The molecule has 0 radical (unpaired) electrons. The number of nitrogens with zero attached hydrogens (tertiary/aromatic N) is 5. The minimum atomic E-state index is 0.638. The lowest BCUT2D eigenvalue weighted by Gasteiger charge is -2.29. The molecule has 0 spiro atoms. The van der Waals surface area contributed by atoms with Crippen LogP contribution in [0.15, 0.2) is 36.7 Å². The summed E-state index contributed by atoms with van der Waals surface area (Å²) in [6.45, 7) is 6.16. The SMILES string of the molecule is Cc1nnc2ncc(-c3ccc(N4CCNCC4)cc3)cn12. The predicted molar refractivity (Wildman–Crippen MR) is 86.0 cm³/mol. The monoisotopic (exact) mass is 294 g/mol. The number of hydrogen-bond donors (Lipinski definition) is 1. The van der Waals surface area contributed by atoms with Gasteiger partial charge in [0.2, 0.25) is 0 Å². The van der Waals surface area contributed by atoms with Gasteiger partial charge >= 0.3 is 0 Å². The van der Waals surface area contributed by atoms with Crippen LogP contribution in [0.1, 0.15) is 5.82 Å². The molecular formula is C16H18N6. The maximum atomic E-state index is 4.36. The van der Waals surface area contributed by atoms with Crippen LogP contribution in [0.5, 0.6) is 0 Å². The van der Waals surface area contributed by atoms with Crippen LogP contribution in [-0.4, -0.2) is 45.8 Å². The summed E-state index contributed by atoms with van der Waals surface area (Å²) in [6, 6.07) is 8.67. The second-order valence-electron chi connectivity index (χ2n) is 5.54. The van der Waals surface area contributed by atoms with E-state index in [0.29, 0.717) is 5.78 Å². The maximum Gasteiger partial charge on any atom is 0.254 e. The number of benzene rings is 1. The number of hydrogen-bond acceptors (Lipinski definition) is 5. The van der Waals surface area contributed by atoms with Crippen molar-refractivity contribution in [3.8, 4) is 11.1 Å². The van der Waals surface area contributed by atoms with Gasteiger partial charge in [-0.25, -0.2) is 4.98 Å². The van der Waals surface area contributed by atoms with Crippen LogP contribution in [0.2, 0.25) is 0 Å². The van der Waals surface area contributed by atoms with Gasteiger partial charge in [0.05, 0.1) is 0 Å². The Labute approximate surface area is 128 Å². The number of nitrogens with one attached hydrogen (secondary N) is 1. The second kappa shape index (κ2) is 5.38. The topological polar surface area (TPSA) is 58.4 Å². The smallest absolute Gasteiger partial charge is 0.254 e. The highest BCUT2D eigenvalue weighted by molar-refractivity contribution is 5.65. The van der Waals surface area contributed by atoms with Crippen LogP contribution in [-0.2, 0) is 0 Å². The molecule has 3 heterocycles. The highest BCUT2D eigenvalue weighted by Gasteiger charge is 2.10. The maximum absolute atomic E-state index is 4.36. The van der Waals surface area contributed by atoms with Gasteiger partial charge in [-0.1, -0.05) is 12.1 Å². The van der Waals surface area contributed by atoms with E-state index in [1.54, 1.807) is 0 Å². The van der Waals surface area contributed by atoms with E-state index in [4.69, 9.17) is 0 Å². The fourth-order valence-corrected chi connectivity index (χ4v) is 2.83. The summed E-state index contributed by atoms with van der Waals surface area (Å²) in [5, 5.41) is 11.4. The van der Waals surface area contributed by atoms with Gasteiger partial charge in [-0.2, -0.15) is 0 Å². The van der Waals surface area contributed by atoms with Crippen LogP contribution < -0.4 is 10.2 Å². The first kappa shape index (κ1) is 13.2. The van der Waals surface area contributed by atoms with E-state index in [2.05, 4.69) is 49.7 Å². The standard InChI is InChI=1S/C16H18N6/c1-12-19-20-16-18-10-14(11-22(12)16)13-2-4-15(5-3-13)21-8-6-17-7-9-21/h2-5,10-11,17H,6-9H2,1H3. The minimum Gasteiger partial charge on any atom is -0.369 e. The Bertz CT molecular complexity index is 786. The largest absolute Gasteiger partial charge is 0.369 e. The van der Waals surface area contributed by atoms with Crippen molar-refractivity contribution in [1.29, 1.82) is 0 Å². The number of anilines is 1. The van der Waals surface area contributed by atoms with E-state index in [1.165, 1.54) is 5.69 Å². The zero-order chi connectivity index (χ0) is 14.9. The van der Waals surface area contributed by atoms with Crippen LogP contribution in [0.4, 0.5) is 5.69 Å². The van der Waals surface area contributed by atoms with Crippen molar-refractivity contribution in [2.75, 3.05) is 31.1 Å². The molecule has 6 heteroatoms. The summed E-state index contributed by atoms with van der Waals surface area (Å²) in [4.78, 5) is 6.77. The van der Waals surface area contributed by atoms with E-state index in [9.17, 15) is 0 Å². The van der Waals surface area contributed by atoms with Crippen LogP contribution >= 0.6 is 0 Å². The summed E-state index contributed by atoms with van der Waals surface area (Å²) in [6.07, 6.45) is 3.89. The van der Waals surface area contributed by atoms with Crippen molar-refractivity contribution >= 4 is 11.5 Å². The molecule has 1 aliphatic heterocycles. The van der Waals surface area contributed by atoms with Gasteiger partial charge in [0.25, 0.3) is 5.78 Å². The number of fused-ring (bicyclic) bond motifs is 1. The predicted octanol–water partition coefficient (Wildman–Crippen LogP) is 1.51. The van der Waals surface area contributed by atoms with Crippen molar-refractivity contribution < 1.29 is 0 Å². The van der Waals surface area contributed by atoms with Gasteiger partial charge in [0, 0.05) is 49.8 Å². The first-order valence-electron chi connectivity index (χ1n) is 7.55. The molecule has 4 rings (SSSR count). The molecule has 0 unspecified atom stereocenters. The Morgan fingerprint density at radius 1 is 1.00 bits per heavy atom. The highest BCUT2D eigenvalue weighted by atomic mass is 15.3. The second-order valence-corrected chi connectivity index (χ2v) is 5.54. The Hall–Kier alpha value is -2.47. The average Bonchev–Trinajstić information content (AvgIpc) is 2.96. The molecule has 1 saturated heterocycles. The average molecular weight is 294 g/mol. The van der Waals surface area contributed by atoms with E-state index < -0.39 is 0 Å². The van der Waals surface area contributed by atoms with Gasteiger partial charge in [-0.05, 0) is 24.6 Å². The molecule has 0 saturated carbocycles. The third kappa shape index (κ3) is 2.31. The minimum absolute atomic E-state index is 0.638. The molecule has 6 nitrogen and oxygen atoms in total. The molecule has 0 atom stereocenters. The lowest BCUT2D eigenvalue weighted by Crippen LogP contribution is -2.43. The van der Waals surface area contributed by atoms with Crippen molar-refractivity contribution in [3.05, 3.63) is 42.5 Å². The molecular weight excluding hydrogens is 276 g/mol. The van der Waals surface area contributed by atoms with Crippen LogP contribution in [0.25, 0.3) is 16.9 Å². The third-order valence-electron chi connectivity index (χ3n) is 4.12. The van der Waals surface area contributed by atoms with E-state index in [1.807, 2.05) is 23.7 Å². The number of piperazine rings is 1. The van der Waals surface area contributed by atoms with Gasteiger partial charge in [-0.3, -0.25) is 4.40 Å². The van der Waals surface area contributed by atoms with E-state index in [0.717, 1.165) is 43.1 Å². The van der Waals surface area contributed by atoms with Crippen LogP contribution in [0.3, 0.4) is 0 Å². The number of rotatable bonds is 2. The lowest BCUT2D eigenvalue weighted by molar-refractivity contribution is 0.589. The zero-order valence-electron chi connectivity index (χ0n) is 12.5. The fourth-order valence-electron chi connectivity index (χ4n) is 2.83. The summed E-state index contributed by atoms with van der Waals surface area (Å²) in [7, 11) is 0. The summed E-state index contributed by atoms with van der Waals surface area (Å²) < 4.78 is 1.92. The summed E-state index contributed by atoms with van der Waals surface area (Å²) >= 11 is 0. The molecule has 112 valence electrons. The highest BCUT2D eigenvalue weighted by Crippen LogP contribution is 2.23. The van der Waals surface area contributed by atoms with Gasteiger partial charge in [0.1, 0.15) is 5.82 Å². The zero-order valence-corrected chi connectivity index (χ0v) is 12.5. The van der Waals surface area contributed by atoms with Gasteiger partial charge < -0.3 is 10.2 Å². The van der Waals surface area contributed by atoms with Crippen molar-refractivity contribution in [2.45, 2.75) is 6.92 Å². The molecule has 1 aliphatic rings. The Morgan fingerprint density at radius 2 is 1.77 bits per heavy atom. The summed E-state index contributed by atoms with van der Waals surface area (Å²) in [5.74, 6) is 1.49. The fraction of sp³-hybridized carbons (Fsp3) is 0.312. The molecule has 1 aromatic carbocycles. The molecule has 3 aromatic rings. The quantitative estimate of drug-likeness (QED) is 0.776. The Morgan fingerprint density at radius 3 is 2.55 bits per heavy atom. The molecule has 0 bridgehead atoms. The van der Waals surface area contributed by atoms with Crippen LogP contribution in [0, 0.1) is 6.92 Å². The number of aryl methyl sites for hydroxylation is 1. The Balaban J connectivity index is 1.64. The molecule has 22 heavy (non-hydrogen) atoms. The first-order chi connectivity index (χ1) is 10.8. The van der Waals surface area contributed by atoms with E-state index >= 15 is 0 Å². The van der Waals surface area contributed by atoms with Gasteiger partial charge in [0.15, 0.2) is 0 Å². The first-order valence-corrected chi connectivity index (χ1v) is 7.55. The normalized spacial score (nSPS) is 15.4. The Kier molecular flexibility index (Phi) is 3.23. The summed E-state index contributed by atoms with van der Waals surface area (Å²) in [5.41, 5.74) is 3.50. The lowest BCUT2D eigenvalue weighted by atomic mass is 10.1. The molecule has 1 N–H and O–H groups in total. The number of aromatic nitrogens is 4. The van der Waals surface area contributed by atoms with Crippen molar-refractivity contribution in [2.24, 2.45) is 0 Å². The van der Waals surface area contributed by atoms with E-state index in [-0.39, 0.29) is 0 Å². The van der Waals surface area contributed by atoms with Gasteiger partial charge in [-0.15, -0.1) is 10.2 Å². The molecule has 0 aliphatic carbocycles. The molecule has 0 amide bonds. The molecule has 2 aromatic heterocycles.